The van der Waals surface area contributed by atoms with Crippen molar-refractivity contribution in [2.45, 2.75) is 6.54 Å². The molecule has 2 aromatic rings. The number of nitrogens with two attached hydrogens (primary N) is 1. The monoisotopic (exact) mass is 275 g/mol. The van der Waals surface area contributed by atoms with Gasteiger partial charge in [0.1, 0.15) is 0 Å². The first-order valence-corrected chi connectivity index (χ1v) is 5.90. The van der Waals surface area contributed by atoms with E-state index in [1.165, 1.54) is 17.2 Å². The van der Waals surface area contributed by atoms with Crippen molar-refractivity contribution in [3.05, 3.63) is 53.7 Å². The zero-order chi connectivity index (χ0) is 14.5. The van der Waals surface area contributed by atoms with Crippen LogP contribution in [0.3, 0.4) is 0 Å². The summed E-state index contributed by atoms with van der Waals surface area (Å²) in [5.41, 5.74) is 2.74. The van der Waals surface area contributed by atoms with Crippen molar-refractivity contribution in [1.29, 1.82) is 0 Å². The Kier molecular flexibility index (Phi) is 4.21. The lowest BCUT2D eigenvalue weighted by Gasteiger charge is -2.17. The molecule has 2 aromatic heterocycles. The van der Waals surface area contributed by atoms with Gasteiger partial charge in [-0.2, -0.15) is 0 Å². The third-order valence-electron chi connectivity index (χ3n) is 2.73. The second-order valence-electron chi connectivity index (χ2n) is 4.15. The van der Waals surface area contributed by atoms with E-state index in [4.69, 9.17) is 5.84 Å². The molecular formula is C13H14FN5O. The standard InChI is InChI=1S/C13H14FN5O/c1-19(8-9-4-2-3-6-16-9)13(20)10-5-7-17-12(18-15)11(10)14/h2-7H,8,15H2,1H3,(H,17,18). The van der Waals surface area contributed by atoms with Crippen LogP contribution in [0.2, 0.25) is 0 Å². The van der Waals surface area contributed by atoms with Crippen LogP contribution in [-0.4, -0.2) is 27.8 Å². The van der Waals surface area contributed by atoms with Gasteiger partial charge in [0.25, 0.3) is 5.91 Å². The number of nitrogen functional groups attached to an aromatic ring is 1. The number of carbonyl (C=O) groups is 1. The molecule has 0 saturated heterocycles. The Morgan fingerprint density at radius 3 is 2.80 bits per heavy atom. The topological polar surface area (TPSA) is 84.1 Å². The predicted octanol–water partition coefficient (Wildman–Crippen LogP) is 1.17. The number of nitrogens with one attached hydrogen (secondary N) is 1. The molecule has 0 saturated carbocycles. The maximum atomic E-state index is 14.0. The zero-order valence-electron chi connectivity index (χ0n) is 10.9. The van der Waals surface area contributed by atoms with Gasteiger partial charge in [-0.25, -0.2) is 15.2 Å². The Morgan fingerprint density at radius 2 is 2.15 bits per heavy atom. The summed E-state index contributed by atoms with van der Waals surface area (Å²) in [5, 5.41) is 0. The van der Waals surface area contributed by atoms with Crippen LogP contribution < -0.4 is 11.3 Å². The van der Waals surface area contributed by atoms with E-state index < -0.39 is 11.7 Å². The fourth-order valence-electron chi connectivity index (χ4n) is 1.72. The molecule has 7 heteroatoms. The molecule has 0 aliphatic rings. The number of pyridine rings is 2. The number of anilines is 1. The van der Waals surface area contributed by atoms with E-state index in [9.17, 15) is 9.18 Å². The maximum absolute atomic E-state index is 14.0. The smallest absolute Gasteiger partial charge is 0.257 e. The van der Waals surface area contributed by atoms with Crippen LogP contribution in [0.1, 0.15) is 16.1 Å². The number of amides is 1. The average Bonchev–Trinajstić information content (AvgIpc) is 2.48. The fourth-order valence-corrected chi connectivity index (χ4v) is 1.72. The van der Waals surface area contributed by atoms with Gasteiger partial charge < -0.3 is 10.3 Å². The molecule has 0 radical (unpaired) electrons. The molecule has 2 rings (SSSR count). The number of hydrazine groups is 1. The normalized spacial score (nSPS) is 10.2. The quantitative estimate of drug-likeness (QED) is 0.646. The van der Waals surface area contributed by atoms with Gasteiger partial charge in [-0.15, -0.1) is 0 Å². The molecule has 0 spiro atoms. The summed E-state index contributed by atoms with van der Waals surface area (Å²) in [4.78, 5) is 21.4. The summed E-state index contributed by atoms with van der Waals surface area (Å²) >= 11 is 0. The van der Waals surface area contributed by atoms with Crippen LogP contribution in [0, 0.1) is 5.82 Å². The highest BCUT2D eigenvalue weighted by Gasteiger charge is 2.19. The van der Waals surface area contributed by atoms with Crippen molar-refractivity contribution in [3.8, 4) is 0 Å². The Balaban J connectivity index is 2.19. The van der Waals surface area contributed by atoms with E-state index in [0.29, 0.717) is 0 Å². The summed E-state index contributed by atoms with van der Waals surface area (Å²) in [6, 6.07) is 6.71. The van der Waals surface area contributed by atoms with Gasteiger partial charge in [0.2, 0.25) is 0 Å². The first kappa shape index (κ1) is 13.9. The van der Waals surface area contributed by atoms with E-state index in [1.807, 2.05) is 6.07 Å². The molecule has 0 unspecified atom stereocenters. The van der Waals surface area contributed by atoms with Gasteiger partial charge in [0.05, 0.1) is 17.8 Å². The largest absolute Gasteiger partial charge is 0.336 e. The van der Waals surface area contributed by atoms with Crippen LogP contribution in [-0.2, 0) is 6.54 Å². The lowest BCUT2D eigenvalue weighted by molar-refractivity contribution is 0.0778. The lowest BCUT2D eigenvalue weighted by Crippen LogP contribution is -2.28. The van der Waals surface area contributed by atoms with E-state index in [1.54, 1.807) is 25.4 Å². The number of hydrogen-bond acceptors (Lipinski definition) is 5. The Labute approximate surface area is 115 Å². The van der Waals surface area contributed by atoms with Crippen molar-refractivity contribution in [2.24, 2.45) is 5.84 Å². The summed E-state index contributed by atoms with van der Waals surface area (Å²) in [6.07, 6.45) is 2.96. The molecule has 3 N–H and O–H groups in total. The fraction of sp³-hybridized carbons (Fsp3) is 0.154. The molecular weight excluding hydrogens is 261 g/mol. The number of carbonyl (C=O) groups excluding carboxylic acids is 1. The van der Waals surface area contributed by atoms with Crippen LogP contribution in [0.4, 0.5) is 10.2 Å². The molecule has 1 amide bonds. The summed E-state index contributed by atoms with van der Waals surface area (Å²) in [6.45, 7) is 0.285. The van der Waals surface area contributed by atoms with Crippen LogP contribution in [0.15, 0.2) is 36.7 Å². The van der Waals surface area contributed by atoms with E-state index in [-0.39, 0.29) is 17.9 Å². The van der Waals surface area contributed by atoms with Gasteiger partial charge in [-0.3, -0.25) is 9.78 Å². The van der Waals surface area contributed by atoms with E-state index in [0.717, 1.165) is 5.69 Å². The Hall–Kier alpha value is -2.54. The molecule has 0 aliphatic heterocycles. The highest BCUT2D eigenvalue weighted by Crippen LogP contribution is 2.16. The van der Waals surface area contributed by atoms with Gasteiger partial charge >= 0.3 is 0 Å². The van der Waals surface area contributed by atoms with Gasteiger partial charge in [0, 0.05) is 19.4 Å². The van der Waals surface area contributed by atoms with Crippen LogP contribution in [0.5, 0.6) is 0 Å². The third-order valence-corrected chi connectivity index (χ3v) is 2.73. The molecule has 20 heavy (non-hydrogen) atoms. The number of halogens is 1. The van der Waals surface area contributed by atoms with Gasteiger partial charge in [0.15, 0.2) is 11.6 Å². The predicted molar refractivity (Wildman–Crippen MR) is 72.0 cm³/mol. The summed E-state index contributed by atoms with van der Waals surface area (Å²) in [5.74, 6) is 3.73. The Morgan fingerprint density at radius 1 is 1.35 bits per heavy atom. The molecule has 0 atom stereocenters. The van der Waals surface area contributed by atoms with Crippen molar-refractivity contribution in [3.63, 3.8) is 0 Å². The van der Waals surface area contributed by atoms with Crippen molar-refractivity contribution in [2.75, 3.05) is 12.5 Å². The Bertz CT molecular complexity index is 605. The second-order valence-corrected chi connectivity index (χ2v) is 4.15. The van der Waals surface area contributed by atoms with Crippen molar-refractivity contribution in [1.82, 2.24) is 14.9 Å². The first-order valence-electron chi connectivity index (χ1n) is 5.90. The molecule has 0 bridgehead atoms. The zero-order valence-corrected chi connectivity index (χ0v) is 10.9. The van der Waals surface area contributed by atoms with E-state index in [2.05, 4.69) is 15.4 Å². The first-order chi connectivity index (χ1) is 9.63. The molecule has 0 aliphatic carbocycles. The highest BCUT2D eigenvalue weighted by molar-refractivity contribution is 5.95. The number of hydrogen-bond donors (Lipinski definition) is 2. The van der Waals surface area contributed by atoms with Crippen LogP contribution in [0.25, 0.3) is 0 Å². The minimum atomic E-state index is -0.770. The second kappa shape index (κ2) is 6.07. The molecule has 2 heterocycles. The lowest BCUT2D eigenvalue weighted by atomic mass is 10.2. The minimum absolute atomic E-state index is 0.0913. The number of rotatable bonds is 4. The number of nitrogens with zero attached hydrogens (tertiary/aromatic N) is 3. The molecule has 0 fully saturated rings. The number of aromatic nitrogens is 2. The van der Waals surface area contributed by atoms with Gasteiger partial charge in [-0.1, -0.05) is 6.07 Å². The molecule has 6 nitrogen and oxygen atoms in total. The minimum Gasteiger partial charge on any atom is -0.336 e. The molecule has 104 valence electrons. The summed E-state index contributed by atoms with van der Waals surface area (Å²) in [7, 11) is 1.58. The third kappa shape index (κ3) is 2.89. The van der Waals surface area contributed by atoms with Crippen molar-refractivity contribution < 1.29 is 9.18 Å². The van der Waals surface area contributed by atoms with E-state index >= 15 is 0 Å². The molecule has 0 aromatic carbocycles. The average molecular weight is 275 g/mol. The van der Waals surface area contributed by atoms with Crippen LogP contribution >= 0.6 is 0 Å². The SMILES string of the molecule is CN(Cc1ccccn1)C(=O)c1ccnc(NN)c1F. The van der Waals surface area contributed by atoms with Crippen molar-refractivity contribution >= 4 is 11.7 Å². The maximum Gasteiger partial charge on any atom is 0.257 e. The van der Waals surface area contributed by atoms with Gasteiger partial charge in [-0.05, 0) is 18.2 Å². The summed E-state index contributed by atoms with van der Waals surface area (Å²) < 4.78 is 14.0. The highest BCUT2D eigenvalue weighted by atomic mass is 19.1.